The first-order valence-electron chi connectivity index (χ1n) is 5.47. The smallest absolute Gasteiger partial charge is 0.0595 e. The zero-order valence-corrected chi connectivity index (χ0v) is 11.9. The molecule has 0 bridgehead atoms. The molecule has 0 amide bonds. The number of para-hydroxylation sites is 1. The third-order valence-corrected chi connectivity index (χ3v) is 2.71. The fourth-order valence-electron chi connectivity index (χ4n) is 1.85. The number of hydrogen-bond acceptors (Lipinski definition) is 1. The number of hydrogen-bond donors (Lipinski definition) is 0. The minimum Gasteiger partial charge on any atom is -0.296 e. The Hall–Kier alpha value is -1.60. The van der Waals surface area contributed by atoms with Gasteiger partial charge in [-0.15, -0.1) is 12.1 Å². The molecule has 3 rings (SSSR count). The number of fused-ring (bicyclic) bond motifs is 1. The van der Waals surface area contributed by atoms with Gasteiger partial charge in [0, 0.05) is 32.7 Å². The Labute approximate surface area is 123 Å². The van der Waals surface area contributed by atoms with Gasteiger partial charge >= 0.3 is 0 Å². The van der Waals surface area contributed by atoms with Crippen LogP contribution in [-0.4, -0.2) is 4.98 Å². The third-order valence-electron chi connectivity index (χ3n) is 2.71. The summed E-state index contributed by atoms with van der Waals surface area (Å²) in [6, 6.07) is 15.6. The molecule has 0 aliphatic rings. The summed E-state index contributed by atoms with van der Waals surface area (Å²) in [4.78, 5) is 4.34. The molecule has 19 heavy (non-hydrogen) atoms. The Morgan fingerprint density at radius 3 is 2.58 bits per heavy atom. The largest absolute Gasteiger partial charge is 0.296 e. The van der Waals surface area contributed by atoms with E-state index in [-0.39, 0.29) is 26.6 Å². The third kappa shape index (κ3) is 2.71. The number of rotatable bonds is 1. The van der Waals surface area contributed by atoms with Crippen molar-refractivity contribution in [3.63, 3.8) is 0 Å². The van der Waals surface area contributed by atoms with Gasteiger partial charge in [0.25, 0.3) is 0 Å². The predicted molar refractivity (Wildman–Crippen MR) is 65.9 cm³/mol. The molecular weight excluding hydrogens is 427 g/mol. The monoisotopic (exact) mass is 435 g/mol. The number of halogens is 2. The molecule has 0 aliphatic heterocycles. The van der Waals surface area contributed by atoms with E-state index >= 15 is 0 Å². The van der Waals surface area contributed by atoms with Crippen LogP contribution in [0.2, 0.25) is 0 Å². The van der Waals surface area contributed by atoms with Gasteiger partial charge in [-0.3, -0.25) is 13.8 Å². The van der Waals surface area contributed by atoms with Crippen LogP contribution in [0.15, 0.2) is 48.5 Å². The van der Waals surface area contributed by atoms with Crippen LogP contribution in [0, 0.1) is 17.7 Å². The Kier molecular flexibility index (Phi) is 4.06. The number of pyridine rings is 1. The minimum absolute atomic E-state index is 0. The zero-order chi connectivity index (χ0) is 12.5. The normalized spacial score (nSPS) is 10.2. The van der Waals surface area contributed by atoms with Crippen LogP contribution in [0.5, 0.6) is 0 Å². The molecule has 3 aromatic rings. The molecule has 0 saturated carbocycles. The molecule has 1 aromatic heterocycles. The fraction of sp³-hybridized carbons (Fsp3) is 0. The molecule has 1 heterocycles. The van der Waals surface area contributed by atoms with E-state index in [9.17, 15) is 8.78 Å². The molecule has 0 N–H and O–H groups in total. The maximum atomic E-state index is 13.6. The van der Waals surface area contributed by atoms with Crippen molar-refractivity contribution < 1.29 is 29.8 Å². The number of aromatic nitrogens is 1. The average Bonchev–Trinajstić information content (AvgIpc) is 2.38. The Morgan fingerprint density at radius 2 is 1.79 bits per heavy atom. The summed E-state index contributed by atoms with van der Waals surface area (Å²) in [6.07, 6.45) is 0. The molecule has 0 atom stereocenters. The van der Waals surface area contributed by atoms with E-state index in [1.807, 2.05) is 30.3 Å². The van der Waals surface area contributed by atoms with Gasteiger partial charge in [-0.25, -0.2) is 0 Å². The van der Waals surface area contributed by atoms with E-state index in [0.717, 1.165) is 23.0 Å². The summed E-state index contributed by atoms with van der Waals surface area (Å²) in [5.74, 6) is -1.30. The van der Waals surface area contributed by atoms with Crippen molar-refractivity contribution in [3.05, 3.63) is 66.2 Å². The Morgan fingerprint density at radius 1 is 1.00 bits per heavy atom. The van der Waals surface area contributed by atoms with Crippen LogP contribution < -0.4 is 0 Å². The quantitative estimate of drug-likeness (QED) is 0.527. The fourth-order valence-corrected chi connectivity index (χ4v) is 1.85. The van der Waals surface area contributed by atoms with E-state index in [2.05, 4.69) is 11.1 Å². The van der Waals surface area contributed by atoms with Crippen LogP contribution in [0.25, 0.3) is 22.2 Å². The van der Waals surface area contributed by atoms with Crippen molar-refractivity contribution in [2.24, 2.45) is 0 Å². The van der Waals surface area contributed by atoms with Crippen molar-refractivity contribution in [1.29, 1.82) is 0 Å². The van der Waals surface area contributed by atoms with Gasteiger partial charge < -0.3 is 0 Å². The van der Waals surface area contributed by atoms with Crippen LogP contribution in [0.3, 0.4) is 0 Å². The summed E-state index contributed by atoms with van der Waals surface area (Å²) in [5.41, 5.74) is 1.40. The topological polar surface area (TPSA) is 12.9 Å². The molecule has 0 aliphatic carbocycles. The van der Waals surface area contributed by atoms with Crippen molar-refractivity contribution in [2.45, 2.75) is 0 Å². The Balaban J connectivity index is 0.00000133. The van der Waals surface area contributed by atoms with Gasteiger partial charge in [0.05, 0.1) is 5.52 Å². The predicted octanol–water partition coefficient (Wildman–Crippen LogP) is 3.98. The molecule has 0 fully saturated rings. The summed E-state index contributed by atoms with van der Waals surface area (Å²) in [7, 11) is 0. The first-order chi connectivity index (χ1) is 8.74. The molecular formula is C15H8F2NPt-. The van der Waals surface area contributed by atoms with E-state index in [4.69, 9.17) is 0 Å². The summed E-state index contributed by atoms with van der Waals surface area (Å²) >= 11 is 0. The minimum atomic E-state index is -0.655. The molecule has 0 saturated heterocycles. The standard InChI is InChI=1S/C15H8F2N.Pt/c16-11-6-7-12(13(17)9-11)15-8-5-10-3-1-2-4-14(10)18-15;/h1-6,8-9H;/q-1;. The SMILES string of the molecule is Fc1c[c-]c(-c2ccc3ccccc3n2)c(F)c1.[Pt]. The van der Waals surface area contributed by atoms with E-state index in [1.165, 1.54) is 0 Å². The first kappa shape index (κ1) is 13.8. The molecule has 2 aromatic carbocycles. The van der Waals surface area contributed by atoms with Gasteiger partial charge in [-0.1, -0.05) is 42.0 Å². The van der Waals surface area contributed by atoms with Gasteiger partial charge in [0.1, 0.15) is 0 Å². The molecule has 0 spiro atoms. The van der Waals surface area contributed by atoms with Crippen LogP contribution in [-0.2, 0) is 21.1 Å². The Bertz CT molecular complexity index is 728. The van der Waals surface area contributed by atoms with Gasteiger partial charge in [-0.2, -0.15) is 0 Å². The van der Waals surface area contributed by atoms with Crippen molar-refractivity contribution in [1.82, 2.24) is 4.98 Å². The molecule has 4 heteroatoms. The second-order valence-corrected chi connectivity index (χ2v) is 3.93. The van der Waals surface area contributed by atoms with Crippen molar-refractivity contribution >= 4 is 10.9 Å². The molecule has 98 valence electrons. The summed E-state index contributed by atoms with van der Waals surface area (Å²) in [5, 5.41) is 0.976. The maximum absolute atomic E-state index is 13.6. The zero-order valence-electron chi connectivity index (χ0n) is 9.64. The van der Waals surface area contributed by atoms with Crippen LogP contribution in [0.1, 0.15) is 0 Å². The summed E-state index contributed by atoms with van der Waals surface area (Å²) in [6.45, 7) is 0. The van der Waals surface area contributed by atoms with Crippen molar-refractivity contribution in [3.8, 4) is 11.3 Å². The van der Waals surface area contributed by atoms with Gasteiger partial charge in [-0.05, 0) is 17.1 Å². The number of benzene rings is 2. The van der Waals surface area contributed by atoms with Crippen LogP contribution >= 0.6 is 0 Å². The average molecular weight is 435 g/mol. The van der Waals surface area contributed by atoms with Gasteiger partial charge in [0.2, 0.25) is 0 Å². The maximum Gasteiger partial charge on any atom is 0.0595 e. The molecule has 0 unspecified atom stereocenters. The van der Waals surface area contributed by atoms with Gasteiger partial charge in [0.15, 0.2) is 0 Å². The van der Waals surface area contributed by atoms with E-state index in [1.54, 1.807) is 6.07 Å². The number of nitrogens with zero attached hydrogens (tertiary/aromatic N) is 1. The van der Waals surface area contributed by atoms with E-state index < -0.39 is 11.6 Å². The second kappa shape index (κ2) is 5.58. The summed E-state index contributed by atoms with van der Waals surface area (Å²) < 4.78 is 26.4. The van der Waals surface area contributed by atoms with E-state index in [0.29, 0.717) is 5.69 Å². The first-order valence-corrected chi connectivity index (χ1v) is 5.47. The molecule has 1 nitrogen and oxygen atoms in total. The second-order valence-electron chi connectivity index (χ2n) is 3.93. The van der Waals surface area contributed by atoms with Crippen LogP contribution in [0.4, 0.5) is 8.78 Å². The van der Waals surface area contributed by atoms with Crippen molar-refractivity contribution in [2.75, 3.05) is 0 Å². The molecule has 0 radical (unpaired) electrons.